The average Bonchev–Trinajstić information content (AvgIpc) is 3.37. The number of amides is 2. The third-order valence-corrected chi connectivity index (χ3v) is 6.65. The fourth-order valence-corrected chi connectivity index (χ4v) is 4.83. The second-order valence-corrected chi connectivity index (χ2v) is 9.83. The van der Waals surface area contributed by atoms with Crippen LogP contribution in [0.15, 0.2) is 60.7 Å². The van der Waals surface area contributed by atoms with E-state index in [0.717, 1.165) is 28.3 Å². The van der Waals surface area contributed by atoms with Crippen molar-refractivity contribution in [3.63, 3.8) is 0 Å². The summed E-state index contributed by atoms with van der Waals surface area (Å²) in [5.74, 6) is 1.80. The molecular weight excluding hydrogens is 436 g/mol. The zero-order chi connectivity index (χ0) is 25.1. The van der Waals surface area contributed by atoms with Crippen molar-refractivity contribution in [1.82, 2.24) is 0 Å². The van der Waals surface area contributed by atoms with Gasteiger partial charge in [-0.15, -0.1) is 0 Å². The molecule has 3 aromatic rings. The average molecular weight is 471 g/mol. The van der Waals surface area contributed by atoms with Crippen LogP contribution in [-0.2, 0) is 22.4 Å². The Balaban J connectivity index is 0.000000239. The number of carbonyl (C=O) groups excluding carboxylic acids is 2. The molecule has 5 rings (SSSR count). The third-order valence-electron chi connectivity index (χ3n) is 6.65. The number of ether oxygens (including phenoxy) is 1. The van der Waals surface area contributed by atoms with E-state index in [2.05, 4.69) is 50.5 Å². The van der Waals surface area contributed by atoms with Gasteiger partial charge in [-0.25, -0.2) is 0 Å². The fraction of sp³-hybridized carbons (Fsp3) is 0.333. The Hall–Kier alpha value is -3.60. The lowest BCUT2D eigenvalue weighted by Crippen LogP contribution is -2.15. The van der Waals surface area contributed by atoms with Crippen molar-refractivity contribution in [2.24, 2.45) is 0 Å². The molecule has 2 aliphatic rings. The van der Waals surface area contributed by atoms with E-state index in [-0.39, 0.29) is 17.7 Å². The highest BCUT2D eigenvalue weighted by atomic mass is 16.5. The second kappa shape index (κ2) is 10.3. The first-order chi connectivity index (χ1) is 16.8. The normalized spacial score (nSPS) is 15.8. The van der Waals surface area contributed by atoms with E-state index in [1.807, 2.05) is 48.5 Å². The maximum Gasteiger partial charge on any atom is 0.232 e. The SMILES string of the molecule is COc1c(C(C)C)cc(CC2C(=O)Nc3ccccc32)cc1C(C)C.O=C1Cc2ccccc2N1. The van der Waals surface area contributed by atoms with Crippen molar-refractivity contribution in [3.05, 3.63) is 88.5 Å². The highest BCUT2D eigenvalue weighted by Crippen LogP contribution is 2.39. The highest BCUT2D eigenvalue weighted by molar-refractivity contribution is 6.03. The molecular formula is C30H34N2O3. The topological polar surface area (TPSA) is 67.4 Å². The molecule has 0 bridgehead atoms. The molecule has 182 valence electrons. The van der Waals surface area contributed by atoms with Gasteiger partial charge in [0.05, 0.1) is 19.4 Å². The minimum atomic E-state index is -0.121. The number of hydrogen-bond donors (Lipinski definition) is 2. The van der Waals surface area contributed by atoms with Crippen molar-refractivity contribution in [3.8, 4) is 5.75 Å². The van der Waals surface area contributed by atoms with Gasteiger partial charge in [0, 0.05) is 11.4 Å². The number of hydrogen-bond acceptors (Lipinski definition) is 3. The molecule has 1 atom stereocenters. The van der Waals surface area contributed by atoms with Crippen LogP contribution in [0, 0.1) is 0 Å². The number of fused-ring (bicyclic) bond motifs is 2. The number of nitrogens with one attached hydrogen (secondary N) is 2. The van der Waals surface area contributed by atoms with Crippen LogP contribution in [0.5, 0.6) is 5.75 Å². The van der Waals surface area contributed by atoms with Gasteiger partial charge in [-0.3, -0.25) is 9.59 Å². The predicted molar refractivity (Wildman–Crippen MR) is 141 cm³/mol. The number of benzene rings is 3. The minimum absolute atomic E-state index is 0.0919. The summed E-state index contributed by atoms with van der Waals surface area (Å²) < 4.78 is 5.72. The van der Waals surface area contributed by atoms with Crippen LogP contribution < -0.4 is 15.4 Å². The highest BCUT2D eigenvalue weighted by Gasteiger charge is 2.30. The van der Waals surface area contributed by atoms with Gasteiger partial charge in [0.2, 0.25) is 11.8 Å². The van der Waals surface area contributed by atoms with Gasteiger partial charge >= 0.3 is 0 Å². The van der Waals surface area contributed by atoms with Gasteiger partial charge in [-0.05, 0) is 58.2 Å². The van der Waals surface area contributed by atoms with Gasteiger partial charge in [0.15, 0.2) is 0 Å². The van der Waals surface area contributed by atoms with E-state index in [1.54, 1.807) is 7.11 Å². The molecule has 0 spiro atoms. The standard InChI is InChI=1S/C22H27NO2.C8H7NO/c1-13(2)17-10-15(11-18(14(3)4)21(17)25-5)12-19-16-8-6-7-9-20(16)23-22(19)24;10-8-5-6-3-1-2-4-7(6)9-8/h6-11,13-14,19H,12H2,1-5H3,(H,23,24);1-4H,5H2,(H,9,10). The molecule has 1 unspecified atom stereocenters. The maximum absolute atomic E-state index is 12.5. The summed E-state index contributed by atoms with van der Waals surface area (Å²) in [6, 6.07) is 20.2. The van der Waals surface area contributed by atoms with Gasteiger partial charge in [-0.2, -0.15) is 0 Å². The Labute approximate surface area is 207 Å². The molecule has 0 saturated heterocycles. The molecule has 0 aromatic heterocycles. The number of methoxy groups -OCH3 is 1. The van der Waals surface area contributed by atoms with Crippen LogP contribution in [0.1, 0.15) is 73.3 Å². The van der Waals surface area contributed by atoms with Crippen LogP contribution in [0.25, 0.3) is 0 Å². The Morgan fingerprint density at radius 2 is 1.46 bits per heavy atom. The maximum atomic E-state index is 12.5. The molecule has 2 aliphatic heterocycles. The molecule has 5 nitrogen and oxygen atoms in total. The smallest absolute Gasteiger partial charge is 0.232 e. The summed E-state index contributed by atoms with van der Waals surface area (Å²) >= 11 is 0. The molecule has 2 amide bonds. The largest absolute Gasteiger partial charge is 0.496 e. The van der Waals surface area contributed by atoms with Gasteiger partial charge in [-0.1, -0.05) is 76.2 Å². The number of carbonyl (C=O) groups is 2. The summed E-state index contributed by atoms with van der Waals surface area (Å²) in [5.41, 5.74) is 7.75. The summed E-state index contributed by atoms with van der Waals surface area (Å²) in [4.78, 5) is 23.2. The quantitative estimate of drug-likeness (QED) is 0.453. The first kappa shape index (κ1) is 24.5. The van der Waals surface area contributed by atoms with E-state index in [1.165, 1.54) is 16.7 Å². The summed E-state index contributed by atoms with van der Waals surface area (Å²) in [6.07, 6.45) is 1.25. The molecule has 0 fully saturated rings. The first-order valence-electron chi connectivity index (χ1n) is 12.3. The molecule has 0 aliphatic carbocycles. The van der Waals surface area contributed by atoms with Crippen molar-refractivity contribution in [1.29, 1.82) is 0 Å². The summed E-state index contributed by atoms with van der Waals surface area (Å²) in [5, 5.41) is 5.76. The number of anilines is 2. The minimum Gasteiger partial charge on any atom is -0.496 e. The second-order valence-electron chi connectivity index (χ2n) is 9.83. The Bertz CT molecular complexity index is 1190. The van der Waals surface area contributed by atoms with Crippen LogP contribution in [0.2, 0.25) is 0 Å². The van der Waals surface area contributed by atoms with Gasteiger partial charge < -0.3 is 15.4 Å². The van der Waals surface area contributed by atoms with Crippen LogP contribution in [-0.4, -0.2) is 18.9 Å². The van der Waals surface area contributed by atoms with E-state index in [4.69, 9.17) is 4.74 Å². The number of para-hydroxylation sites is 2. The summed E-state index contributed by atoms with van der Waals surface area (Å²) in [7, 11) is 1.74. The van der Waals surface area contributed by atoms with Crippen LogP contribution in [0.4, 0.5) is 11.4 Å². The van der Waals surface area contributed by atoms with Gasteiger partial charge in [0.25, 0.3) is 0 Å². The third kappa shape index (κ3) is 5.24. The predicted octanol–water partition coefficient (Wildman–Crippen LogP) is 6.40. The number of rotatable bonds is 5. The molecule has 0 radical (unpaired) electrons. The molecule has 2 heterocycles. The van der Waals surface area contributed by atoms with E-state index in [0.29, 0.717) is 24.7 Å². The van der Waals surface area contributed by atoms with Crippen molar-refractivity contribution in [2.75, 3.05) is 17.7 Å². The summed E-state index contributed by atoms with van der Waals surface area (Å²) in [6.45, 7) is 8.74. The molecule has 35 heavy (non-hydrogen) atoms. The van der Waals surface area contributed by atoms with Crippen molar-refractivity contribution < 1.29 is 14.3 Å². The van der Waals surface area contributed by atoms with E-state index in [9.17, 15) is 9.59 Å². The Morgan fingerprint density at radius 1 is 0.857 bits per heavy atom. The van der Waals surface area contributed by atoms with Crippen molar-refractivity contribution >= 4 is 23.2 Å². The van der Waals surface area contributed by atoms with E-state index >= 15 is 0 Å². The molecule has 0 saturated carbocycles. The molecule has 2 N–H and O–H groups in total. The van der Waals surface area contributed by atoms with Crippen LogP contribution >= 0.6 is 0 Å². The fourth-order valence-electron chi connectivity index (χ4n) is 4.83. The lowest BCUT2D eigenvalue weighted by Gasteiger charge is -2.21. The monoisotopic (exact) mass is 470 g/mol. The Kier molecular flexibility index (Phi) is 7.25. The Morgan fingerprint density at radius 3 is 2.06 bits per heavy atom. The molecule has 3 aromatic carbocycles. The van der Waals surface area contributed by atoms with Crippen LogP contribution in [0.3, 0.4) is 0 Å². The van der Waals surface area contributed by atoms with Crippen molar-refractivity contribution in [2.45, 2.75) is 58.3 Å². The first-order valence-corrected chi connectivity index (χ1v) is 12.3. The lowest BCUT2D eigenvalue weighted by molar-refractivity contribution is -0.117. The zero-order valence-corrected chi connectivity index (χ0v) is 21.1. The molecule has 5 heteroatoms. The lowest BCUT2D eigenvalue weighted by atomic mass is 9.87. The zero-order valence-electron chi connectivity index (χ0n) is 21.1. The van der Waals surface area contributed by atoms with E-state index < -0.39 is 0 Å². The van der Waals surface area contributed by atoms with Gasteiger partial charge in [0.1, 0.15) is 5.75 Å².